The van der Waals surface area contributed by atoms with Crippen LogP contribution in [0.1, 0.15) is 12.0 Å². The molecule has 0 aliphatic carbocycles. The Kier molecular flexibility index (Phi) is 5.78. The van der Waals surface area contributed by atoms with Crippen molar-refractivity contribution in [3.8, 4) is 5.88 Å². The van der Waals surface area contributed by atoms with Gasteiger partial charge in [0.05, 0.1) is 11.1 Å². The molecule has 0 bridgehead atoms. The molecule has 0 amide bonds. The van der Waals surface area contributed by atoms with Crippen LogP contribution in [-0.2, 0) is 6.54 Å². The molecule has 1 aromatic carbocycles. The molecule has 1 aromatic heterocycles. The molecule has 0 aliphatic rings. The summed E-state index contributed by atoms with van der Waals surface area (Å²) < 4.78 is 6.34. The van der Waals surface area contributed by atoms with Gasteiger partial charge in [-0.3, -0.25) is 0 Å². The number of nitrogens with zero attached hydrogens (tertiary/aromatic N) is 2. The van der Waals surface area contributed by atoms with Crippen molar-refractivity contribution in [1.29, 1.82) is 0 Å². The number of halogens is 1. The van der Waals surface area contributed by atoms with Crippen molar-refractivity contribution in [3.05, 3.63) is 52.9 Å². The zero-order valence-corrected chi connectivity index (χ0v) is 12.1. The fourth-order valence-electron chi connectivity index (χ4n) is 1.60. The van der Waals surface area contributed by atoms with E-state index in [1.807, 2.05) is 18.2 Å². The molecule has 0 saturated carbocycles. The molecule has 1 heterocycles. The van der Waals surface area contributed by atoms with Crippen LogP contribution in [0.5, 0.6) is 5.88 Å². The van der Waals surface area contributed by atoms with E-state index in [4.69, 9.17) is 4.74 Å². The van der Waals surface area contributed by atoms with Crippen LogP contribution in [0, 0.1) is 0 Å². The van der Waals surface area contributed by atoms with Crippen LogP contribution in [0.15, 0.2) is 47.3 Å². The van der Waals surface area contributed by atoms with Crippen LogP contribution in [0.25, 0.3) is 0 Å². The summed E-state index contributed by atoms with van der Waals surface area (Å²) in [6.07, 6.45) is 4.09. The number of rotatable bonds is 7. The Hall–Kier alpha value is -1.46. The van der Waals surface area contributed by atoms with Gasteiger partial charge in [-0.25, -0.2) is 9.97 Å². The van der Waals surface area contributed by atoms with Gasteiger partial charge < -0.3 is 10.1 Å². The quantitative estimate of drug-likeness (QED) is 0.796. The Labute approximate surface area is 121 Å². The number of hydrogen-bond donors (Lipinski definition) is 1. The monoisotopic (exact) mass is 321 g/mol. The lowest BCUT2D eigenvalue weighted by molar-refractivity contribution is 0.294. The van der Waals surface area contributed by atoms with Gasteiger partial charge in [-0.2, -0.15) is 0 Å². The molecule has 0 radical (unpaired) electrons. The fourth-order valence-corrected chi connectivity index (χ4v) is 1.94. The molecule has 0 fully saturated rings. The van der Waals surface area contributed by atoms with Crippen LogP contribution in [-0.4, -0.2) is 23.1 Å². The largest absolute Gasteiger partial charge is 0.477 e. The van der Waals surface area contributed by atoms with Crippen molar-refractivity contribution in [3.63, 3.8) is 0 Å². The van der Waals surface area contributed by atoms with Gasteiger partial charge in [-0.1, -0.05) is 30.3 Å². The van der Waals surface area contributed by atoms with Gasteiger partial charge in [0, 0.05) is 12.7 Å². The van der Waals surface area contributed by atoms with Gasteiger partial charge in [0.15, 0.2) is 0 Å². The van der Waals surface area contributed by atoms with Crippen LogP contribution >= 0.6 is 15.9 Å². The highest BCUT2D eigenvalue weighted by atomic mass is 79.9. The SMILES string of the molecule is Brc1cncnc1OCCCNCc1ccccc1. The molecule has 0 saturated heterocycles. The molecule has 1 N–H and O–H groups in total. The Bertz CT molecular complexity index is 493. The number of benzene rings is 1. The van der Waals surface area contributed by atoms with Crippen LogP contribution in [0.2, 0.25) is 0 Å². The van der Waals surface area contributed by atoms with Gasteiger partial charge in [0.25, 0.3) is 0 Å². The minimum atomic E-state index is 0.595. The second-order valence-corrected chi connectivity index (χ2v) is 4.89. The standard InChI is InChI=1S/C14H16BrN3O/c15-13-10-17-11-18-14(13)19-8-4-7-16-9-12-5-2-1-3-6-12/h1-3,5-6,10-11,16H,4,7-9H2. The molecule has 2 rings (SSSR count). The van der Waals surface area contributed by atoms with E-state index in [1.165, 1.54) is 11.9 Å². The third kappa shape index (κ3) is 4.96. The normalized spacial score (nSPS) is 10.4. The minimum absolute atomic E-state index is 0.595. The summed E-state index contributed by atoms with van der Waals surface area (Å²) in [6.45, 7) is 2.44. The predicted octanol–water partition coefficient (Wildman–Crippen LogP) is 2.80. The first-order chi connectivity index (χ1) is 9.36. The summed E-state index contributed by atoms with van der Waals surface area (Å²) in [5, 5.41) is 3.38. The highest BCUT2D eigenvalue weighted by Gasteiger charge is 2.00. The third-order valence-corrected chi connectivity index (χ3v) is 3.09. The van der Waals surface area contributed by atoms with E-state index in [0.717, 1.165) is 24.0 Å². The van der Waals surface area contributed by atoms with Crippen LogP contribution in [0.3, 0.4) is 0 Å². The van der Waals surface area contributed by atoms with Crippen LogP contribution < -0.4 is 10.1 Å². The molecule has 19 heavy (non-hydrogen) atoms. The number of hydrogen-bond acceptors (Lipinski definition) is 4. The van der Waals surface area contributed by atoms with Crippen LogP contribution in [0.4, 0.5) is 0 Å². The molecule has 4 nitrogen and oxygen atoms in total. The number of ether oxygens (including phenoxy) is 1. The zero-order chi connectivity index (χ0) is 13.3. The topological polar surface area (TPSA) is 47.0 Å². The maximum atomic E-state index is 5.55. The first-order valence-corrected chi connectivity index (χ1v) is 6.98. The fraction of sp³-hybridized carbons (Fsp3) is 0.286. The Morgan fingerprint density at radius 3 is 2.84 bits per heavy atom. The third-order valence-electron chi connectivity index (χ3n) is 2.54. The lowest BCUT2D eigenvalue weighted by Crippen LogP contribution is -2.17. The van der Waals surface area contributed by atoms with Crippen molar-refractivity contribution in [2.45, 2.75) is 13.0 Å². The first-order valence-electron chi connectivity index (χ1n) is 6.19. The summed E-state index contributed by atoms with van der Waals surface area (Å²) in [7, 11) is 0. The Morgan fingerprint density at radius 1 is 1.21 bits per heavy atom. The van der Waals surface area contributed by atoms with E-state index in [2.05, 4.69) is 43.3 Å². The van der Waals surface area contributed by atoms with Crippen molar-refractivity contribution in [1.82, 2.24) is 15.3 Å². The summed E-state index contributed by atoms with van der Waals surface area (Å²) in [5.41, 5.74) is 1.29. The second-order valence-electron chi connectivity index (χ2n) is 4.04. The van der Waals surface area contributed by atoms with Crippen molar-refractivity contribution in [2.24, 2.45) is 0 Å². The smallest absolute Gasteiger partial charge is 0.231 e. The number of aromatic nitrogens is 2. The first kappa shape index (κ1) is 14.0. The van der Waals surface area contributed by atoms with Gasteiger partial charge >= 0.3 is 0 Å². The van der Waals surface area contributed by atoms with E-state index in [0.29, 0.717) is 12.5 Å². The average molecular weight is 322 g/mol. The summed E-state index contributed by atoms with van der Waals surface area (Å²) in [5.74, 6) is 0.595. The highest BCUT2D eigenvalue weighted by molar-refractivity contribution is 9.10. The summed E-state index contributed by atoms with van der Waals surface area (Å²) in [6, 6.07) is 10.3. The molecular formula is C14H16BrN3O. The molecule has 5 heteroatoms. The van der Waals surface area contributed by atoms with Crippen molar-refractivity contribution < 1.29 is 4.74 Å². The molecule has 0 atom stereocenters. The molecular weight excluding hydrogens is 306 g/mol. The molecule has 0 aliphatic heterocycles. The molecule has 0 unspecified atom stereocenters. The van der Waals surface area contributed by atoms with E-state index < -0.39 is 0 Å². The predicted molar refractivity (Wildman–Crippen MR) is 78.0 cm³/mol. The summed E-state index contributed by atoms with van der Waals surface area (Å²) in [4.78, 5) is 7.93. The van der Waals surface area contributed by atoms with Gasteiger partial charge in [0.2, 0.25) is 5.88 Å². The zero-order valence-electron chi connectivity index (χ0n) is 10.6. The Balaban J connectivity index is 1.59. The van der Waals surface area contributed by atoms with Gasteiger partial charge in [-0.15, -0.1) is 0 Å². The molecule has 100 valence electrons. The minimum Gasteiger partial charge on any atom is -0.477 e. The molecule has 2 aromatic rings. The lowest BCUT2D eigenvalue weighted by Gasteiger charge is -2.07. The van der Waals surface area contributed by atoms with Crippen molar-refractivity contribution >= 4 is 15.9 Å². The highest BCUT2D eigenvalue weighted by Crippen LogP contribution is 2.19. The maximum absolute atomic E-state index is 5.55. The van der Waals surface area contributed by atoms with Gasteiger partial charge in [-0.05, 0) is 34.5 Å². The molecule has 0 spiro atoms. The van der Waals surface area contributed by atoms with E-state index in [9.17, 15) is 0 Å². The second kappa shape index (κ2) is 7.86. The Morgan fingerprint density at radius 2 is 2.05 bits per heavy atom. The van der Waals surface area contributed by atoms with E-state index >= 15 is 0 Å². The average Bonchev–Trinajstić information content (AvgIpc) is 2.45. The van der Waals surface area contributed by atoms with Crippen molar-refractivity contribution in [2.75, 3.05) is 13.2 Å². The van der Waals surface area contributed by atoms with Gasteiger partial charge in [0.1, 0.15) is 6.33 Å². The van der Waals surface area contributed by atoms with E-state index in [-0.39, 0.29) is 0 Å². The van der Waals surface area contributed by atoms with E-state index in [1.54, 1.807) is 6.20 Å². The lowest BCUT2D eigenvalue weighted by atomic mass is 10.2. The number of nitrogens with one attached hydrogen (secondary N) is 1. The maximum Gasteiger partial charge on any atom is 0.231 e. The summed E-state index contributed by atoms with van der Waals surface area (Å²) >= 11 is 3.34.